The van der Waals surface area contributed by atoms with Crippen LogP contribution in [0.1, 0.15) is 23.2 Å². The van der Waals surface area contributed by atoms with Gasteiger partial charge in [0.1, 0.15) is 0 Å². The van der Waals surface area contributed by atoms with Crippen LogP contribution < -0.4 is 5.32 Å². The topological polar surface area (TPSA) is 42.0 Å². The number of amides is 1. The van der Waals surface area contributed by atoms with Crippen LogP contribution >= 0.6 is 0 Å². The summed E-state index contributed by atoms with van der Waals surface area (Å²) in [6.45, 7) is 0.510. The molecular formula is C17H17F3N2O. The molecule has 2 rings (SSSR count). The van der Waals surface area contributed by atoms with Crippen LogP contribution in [0.4, 0.5) is 13.2 Å². The summed E-state index contributed by atoms with van der Waals surface area (Å²) in [6, 6.07) is 10.3. The van der Waals surface area contributed by atoms with E-state index in [9.17, 15) is 18.0 Å². The third-order valence-electron chi connectivity index (χ3n) is 3.30. The summed E-state index contributed by atoms with van der Waals surface area (Å²) >= 11 is 0. The van der Waals surface area contributed by atoms with Gasteiger partial charge in [0.25, 0.3) is 0 Å². The maximum atomic E-state index is 12.4. The van der Waals surface area contributed by atoms with Gasteiger partial charge >= 0.3 is 6.18 Å². The first-order valence-corrected chi connectivity index (χ1v) is 7.28. The van der Waals surface area contributed by atoms with Crippen molar-refractivity contribution in [2.24, 2.45) is 0 Å². The average Bonchev–Trinajstić information content (AvgIpc) is 2.52. The maximum absolute atomic E-state index is 12.4. The molecule has 0 fully saturated rings. The monoisotopic (exact) mass is 322 g/mol. The minimum absolute atomic E-state index is 0.0712. The average molecular weight is 322 g/mol. The van der Waals surface area contributed by atoms with Crippen LogP contribution in [-0.2, 0) is 23.8 Å². The Labute approximate surface area is 132 Å². The van der Waals surface area contributed by atoms with E-state index >= 15 is 0 Å². The second-order valence-corrected chi connectivity index (χ2v) is 5.15. The van der Waals surface area contributed by atoms with Crippen LogP contribution in [0.15, 0.2) is 48.7 Å². The standard InChI is InChI=1S/C17H17F3N2O/c18-17(19,20)14-8-6-13(7-9-14)12-16(23)22-11-3-5-15-4-1-2-10-21-15/h1-2,4,6-10H,3,5,11-12H2,(H,22,23). The van der Waals surface area contributed by atoms with E-state index in [0.29, 0.717) is 12.1 Å². The zero-order valence-electron chi connectivity index (χ0n) is 12.4. The van der Waals surface area contributed by atoms with E-state index in [1.807, 2.05) is 18.2 Å². The number of hydrogen-bond donors (Lipinski definition) is 1. The largest absolute Gasteiger partial charge is 0.416 e. The quantitative estimate of drug-likeness (QED) is 0.828. The van der Waals surface area contributed by atoms with Crippen LogP contribution in [0, 0.1) is 0 Å². The van der Waals surface area contributed by atoms with Gasteiger partial charge in [-0.3, -0.25) is 9.78 Å². The number of nitrogens with one attached hydrogen (secondary N) is 1. The molecule has 0 atom stereocenters. The molecule has 1 aromatic heterocycles. The van der Waals surface area contributed by atoms with E-state index in [4.69, 9.17) is 0 Å². The Hall–Kier alpha value is -2.37. The van der Waals surface area contributed by atoms with Gasteiger partial charge in [0, 0.05) is 18.4 Å². The van der Waals surface area contributed by atoms with Crippen LogP contribution in [0.3, 0.4) is 0 Å². The molecule has 0 aliphatic heterocycles. The molecule has 3 nitrogen and oxygen atoms in total. The number of carbonyl (C=O) groups is 1. The Morgan fingerprint density at radius 2 is 1.83 bits per heavy atom. The highest BCUT2D eigenvalue weighted by Crippen LogP contribution is 2.29. The summed E-state index contributed by atoms with van der Waals surface area (Å²) in [5.41, 5.74) is 0.807. The Balaban J connectivity index is 1.72. The lowest BCUT2D eigenvalue weighted by Crippen LogP contribution is -2.26. The van der Waals surface area contributed by atoms with E-state index in [1.54, 1.807) is 6.20 Å². The van der Waals surface area contributed by atoms with Gasteiger partial charge in [0.2, 0.25) is 5.91 Å². The highest BCUT2D eigenvalue weighted by Gasteiger charge is 2.29. The number of aromatic nitrogens is 1. The van der Waals surface area contributed by atoms with Crippen molar-refractivity contribution in [3.05, 3.63) is 65.5 Å². The molecule has 122 valence electrons. The zero-order chi connectivity index (χ0) is 16.7. The molecule has 0 aliphatic carbocycles. The fourth-order valence-corrected chi connectivity index (χ4v) is 2.10. The number of alkyl halides is 3. The zero-order valence-corrected chi connectivity index (χ0v) is 12.4. The molecular weight excluding hydrogens is 305 g/mol. The molecule has 0 aliphatic rings. The Morgan fingerprint density at radius 1 is 1.09 bits per heavy atom. The molecule has 2 aromatic rings. The number of aryl methyl sites for hydroxylation is 1. The highest BCUT2D eigenvalue weighted by molar-refractivity contribution is 5.78. The first-order chi connectivity index (χ1) is 10.9. The smallest absolute Gasteiger partial charge is 0.356 e. The van der Waals surface area contributed by atoms with Crippen molar-refractivity contribution in [2.75, 3.05) is 6.54 Å². The number of halogens is 3. The lowest BCUT2D eigenvalue weighted by atomic mass is 10.1. The van der Waals surface area contributed by atoms with Crippen molar-refractivity contribution in [3.8, 4) is 0 Å². The van der Waals surface area contributed by atoms with Gasteiger partial charge in [-0.15, -0.1) is 0 Å². The molecule has 1 N–H and O–H groups in total. The van der Waals surface area contributed by atoms with Gasteiger partial charge in [-0.1, -0.05) is 18.2 Å². The first-order valence-electron chi connectivity index (χ1n) is 7.28. The number of benzene rings is 1. The molecule has 1 heterocycles. The summed E-state index contributed by atoms with van der Waals surface area (Å²) in [7, 11) is 0. The molecule has 0 saturated heterocycles. The highest BCUT2D eigenvalue weighted by atomic mass is 19.4. The summed E-state index contributed by atoms with van der Waals surface area (Å²) < 4.78 is 37.3. The van der Waals surface area contributed by atoms with Crippen molar-refractivity contribution in [1.82, 2.24) is 10.3 Å². The molecule has 1 aromatic carbocycles. The van der Waals surface area contributed by atoms with E-state index in [0.717, 1.165) is 30.7 Å². The van der Waals surface area contributed by atoms with Gasteiger partial charge < -0.3 is 5.32 Å². The minimum atomic E-state index is -4.35. The normalized spacial score (nSPS) is 11.3. The fraction of sp³-hybridized carbons (Fsp3) is 0.294. The number of nitrogens with zero attached hydrogens (tertiary/aromatic N) is 1. The van der Waals surface area contributed by atoms with Crippen LogP contribution in [0.5, 0.6) is 0 Å². The van der Waals surface area contributed by atoms with Crippen molar-refractivity contribution in [1.29, 1.82) is 0 Å². The van der Waals surface area contributed by atoms with E-state index in [1.165, 1.54) is 12.1 Å². The fourth-order valence-electron chi connectivity index (χ4n) is 2.10. The predicted octanol–water partition coefficient (Wildman–Crippen LogP) is 3.39. The first kappa shape index (κ1) is 17.0. The molecule has 0 saturated carbocycles. The van der Waals surface area contributed by atoms with Gasteiger partial charge in [-0.25, -0.2) is 0 Å². The minimum Gasteiger partial charge on any atom is -0.356 e. The molecule has 1 amide bonds. The number of pyridine rings is 1. The van der Waals surface area contributed by atoms with E-state index in [2.05, 4.69) is 10.3 Å². The number of hydrogen-bond acceptors (Lipinski definition) is 2. The van der Waals surface area contributed by atoms with Crippen molar-refractivity contribution in [2.45, 2.75) is 25.4 Å². The summed E-state index contributed by atoms with van der Waals surface area (Å²) in [6.07, 6.45) is -1.04. The SMILES string of the molecule is O=C(Cc1ccc(C(F)(F)F)cc1)NCCCc1ccccn1. The van der Waals surface area contributed by atoms with Gasteiger partial charge in [-0.2, -0.15) is 13.2 Å². The third kappa shape index (κ3) is 5.73. The van der Waals surface area contributed by atoms with E-state index in [-0.39, 0.29) is 12.3 Å². The number of carbonyl (C=O) groups excluding carboxylic acids is 1. The summed E-state index contributed by atoms with van der Waals surface area (Å²) in [5, 5.41) is 2.76. The van der Waals surface area contributed by atoms with Crippen LogP contribution in [0.2, 0.25) is 0 Å². The second-order valence-electron chi connectivity index (χ2n) is 5.15. The number of rotatable bonds is 6. The molecule has 0 unspecified atom stereocenters. The van der Waals surface area contributed by atoms with Crippen molar-refractivity contribution < 1.29 is 18.0 Å². The van der Waals surface area contributed by atoms with Crippen LogP contribution in [0.25, 0.3) is 0 Å². The molecule has 0 radical (unpaired) electrons. The summed E-state index contributed by atoms with van der Waals surface area (Å²) in [4.78, 5) is 15.9. The maximum Gasteiger partial charge on any atom is 0.416 e. The molecule has 23 heavy (non-hydrogen) atoms. The molecule has 6 heteroatoms. The lowest BCUT2D eigenvalue weighted by Gasteiger charge is -2.08. The van der Waals surface area contributed by atoms with Gasteiger partial charge in [-0.05, 0) is 42.7 Å². The lowest BCUT2D eigenvalue weighted by molar-refractivity contribution is -0.137. The van der Waals surface area contributed by atoms with Crippen molar-refractivity contribution >= 4 is 5.91 Å². The summed E-state index contributed by atoms with van der Waals surface area (Å²) in [5.74, 6) is -0.203. The van der Waals surface area contributed by atoms with Gasteiger partial charge in [0.05, 0.1) is 12.0 Å². The molecule has 0 bridgehead atoms. The molecule has 0 spiro atoms. The Morgan fingerprint density at radius 3 is 2.43 bits per heavy atom. The Bertz CT molecular complexity index is 625. The predicted molar refractivity (Wildman–Crippen MR) is 80.7 cm³/mol. The second kappa shape index (κ2) is 7.76. The Kier molecular flexibility index (Phi) is 5.73. The van der Waals surface area contributed by atoms with Crippen molar-refractivity contribution in [3.63, 3.8) is 0 Å². The van der Waals surface area contributed by atoms with E-state index < -0.39 is 11.7 Å². The van der Waals surface area contributed by atoms with Gasteiger partial charge in [0.15, 0.2) is 0 Å². The third-order valence-corrected chi connectivity index (χ3v) is 3.30. The van der Waals surface area contributed by atoms with Crippen LogP contribution in [-0.4, -0.2) is 17.4 Å².